The van der Waals surface area contributed by atoms with Crippen molar-refractivity contribution in [2.75, 3.05) is 51.1 Å². The number of fused-ring (bicyclic) bond motifs is 2. The molecule has 1 atom stereocenters. The summed E-state index contributed by atoms with van der Waals surface area (Å²) in [5.74, 6) is -0.149. The molecule has 0 bridgehead atoms. The molecule has 11 nitrogen and oxygen atoms in total. The zero-order valence-corrected chi connectivity index (χ0v) is 29.4. The van der Waals surface area contributed by atoms with Crippen molar-refractivity contribution in [1.29, 1.82) is 0 Å². The fourth-order valence-corrected chi connectivity index (χ4v) is 8.60. The highest BCUT2D eigenvalue weighted by Crippen LogP contribution is 2.27. The number of ether oxygens (including phenoxy) is 1. The highest BCUT2D eigenvalue weighted by molar-refractivity contribution is 5.91. The number of urea groups is 1. The lowest BCUT2D eigenvalue weighted by Gasteiger charge is -2.41. The van der Waals surface area contributed by atoms with Gasteiger partial charge in [0, 0.05) is 70.0 Å². The molecule has 3 fully saturated rings. The molecule has 0 unspecified atom stereocenters. The first-order chi connectivity index (χ1) is 24.2. The fraction of sp³-hybridized carbons (Fsp3) is 0.538. The second kappa shape index (κ2) is 14.8. The SMILES string of the molecule is Cc1cc(C[C@@H](OC(=O)N2CCC(N3CCc4ccccc4NC3=O)CC2)C(=O)N2CCC(N3CCCCC3)CC2)cc2ccc(=O)n(C)c12. The third-order valence-electron chi connectivity index (χ3n) is 11.4. The molecule has 3 aromatic rings. The van der Waals surface area contributed by atoms with Gasteiger partial charge in [0.05, 0.1) is 5.52 Å². The standard InChI is InChI=1S/C39H50N6O5/c1-27-24-28(25-30-10-11-35(46)41(2)36(27)30)26-34(37(47)43-19-13-31(14-20-43)42-17-6-3-7-18-42)50-39(49)44-21-15-32(16-22-44)45-23-12-29-8-4-5-9-33(29)40-38(45)48/h4-5,8-11,24-25,31-32,34H,3,6-7,12-23,26H2,1-2H3,(H,40,48)/t34-/m1/s1. The Labute approximate surface area is 294 Å². The Balaban J connectivity index is 1.03. The van der Waals surface area contributed by atoms with Crippen molar-refractivity contribution in [2.24, 2.45) is 7.05 Å². The molecule has 3 saturated heterocycles. The molecule has 11 heteroatoms. The summed E-state index contributed by atoms with van der Waals surface area (Å²) in [6.07, 6.45) is 6.50. The third-order valence-corrected chi connectivity index (χ3v) is 11.4. The van der Waals surface area contributed by atoms with E-state index in [4.69, 9.17) is 4.74 Å². The Bertz CT molecular complexity index is 1790. The second-order valence-electron chi connectivity index (χ2n) is 14.6. The van der Waals surface area contributed by atoms with E-state index >= 15 is 0 Å². The summed E-state index contributed by atoms with van der Waals surface area (Å²) in [6, 6.07) is 15.7. The highest BCUT2D eigenvalue weighted by Gasteiger charge is 2.36. The van der Waals surface area contributed by atoms with Gasteiger partial charge in [0.1, 0.15) is 0 Å². The number of amides is 4. The highest BCUT2D eigenvalue weighted by atomic mass is 16.6. The van der Waals surface area contributed by atoms with Crippen molar-refractivity contribution < 1.29 is 19.1 Å². The minimum absolute atomic E-state index is 0.0172. The summed E-state index contributed by atoms with van der Waals surface area (Å²) >= 11 is 0. The number of benzene rings is 2. The fourth-order valence-electron chi connectivity index (χ4n) is 8.60. The van der Waals surface area contributed by atoms with Crippen LogP contribution < -0.4 is 10.9 Å². The summed E-state index contributed by atoms with van der Waals surface area (Å²) in [6.45, 7) is 7.07. The van der Waals surface area contributed by atoms with Gasteiger partial charge in [-0.15, -0.1) is 0 Å². The zero-order valence-electron chi connectivity index (χ0n) is 29.4. The maximum absolute atomic E-state index is 14.2. The van der Waals surface area contributed by atoms with Crippen LogP contribution in [0.3, 0.4) is 0 Å². The van der Waals surface area contributed by atoms with E-state index in [2.05, 4.69) is 10.2 Å². The number of aryl methyl sites for hydroxylation is 2. The van der Waals surface area contributed by atoms with Gasteiger partial charge in [-0.25, -0.2) is 9.59 Å². The quantitative estimate of drug-likeness (QED) is 0.396. The van der Waals surface area contributed by atoms with Crippen LogP contribution in [0.25, 0.3) is 10.9 Å². The first-order valence-corrected chi connectivity index (χ1v) is 18.5. The van der Waals surface area contributed by atoms with Gasteiger partial charge in [-0.2, -0.15) is 0 Å². The van der Waals surface area contributed by atoms with Crippen molar-refractivity contribution in [3.05, 3.63) is 75.6 Å². The van der Waals surface area contributed by atoms with Crippen molar-refractivity contribution in [3.8, 4) is 0 Å². The Kier molecular flexibility index (Phi) is 10.1. The average Bonchev–Trinajstić information content (AvgIpc) is 3.31. The topological polar surface area (TPSA) is 107 Å². The molecule has 0 aliphatic carbocycles. The molecule has 1 aromatic heterocycles. The minimum Gasteiger partial charge on any atom is -0.436 e. The molecular formula is C39H50N6O5. The van der Waals surface area contributed by atoms with Gasteiger partial charge in [-0.05, 0) is 105 Å². The number of nitrogens with one attached hydrogen (secondary N) is 1. The molecule has 0 radical (unpaired) electrons. The van der Waals surface area contributed by atoms with E-state index in [1.165, 1.54) is 19.3 Å². The number of piperidine rings is 3. The van der Waals surface area contributed by atoms with Crippen LogP contribution >= 0.6 is 0 Å². The van der Waals surface area contributed by atoms with Crippen molar-refractivity contribution >= 4 is 34.6 Å². The smallest absolute Gasteiger partial charge is 0.410 e. The van der Waals surface area contributed by atoms with Crippen molar-refractivity contribution in [1.82, 2.24) is 24.2 Å². The lowest BCUT2D eigenvalue weighted by Crippen LogP contribution is -2.53. The molecule has 4 aliphatic heterocycles. The monoisotopic (exact) mass is 682 g/mol. The Hall–Kier alpha value is -4.38. The molecule has 4 amide bonds. The van der Waals surface area contributed by atoms with Crippen molar-refractivity contribution in [3.63, 3.8) is 0 Å². The lowest BCUT2D eigenvalue weighted by atomic mass is 9.98. The maximum Gasteiger partial charge on any atom is 0.410 e. The van der Waals surface area contributed by atoms with E-state index in [9.17, 15) is 19.2 Å². The number of para-hydroxylation sites is 1. The van der Waals surface area contributed by atoms with E-state index in [0.29, 0.717) is 51.6 Å². The van der Waals surface area contributed by atoms with Gasteiger partial charge >= 0.3 is 12.1 Å². The van der Waals surface area contributed by atoms with E-state index in [1.807, 2.05) is 59.2 Å². The number of anilines is 1. The predicted octanol–water partition coefficient (Wildman–Crippen LogP) is 4.93. The minimum atomic E-state index is -0.967. The summed E-state index contributed by atoms with van der Waals surface area (Å²) in [7, 11) is 1.76. The van der Waals surface area contributed by atoms with Crippen LogP contribution in [-0.2, 0) is 29.4 Å². The van der Waals surface area contributed by atoms with Gasteiger partial charge in [0.25, 0.3) is 11.5 Å². The number of aromatic nitrogens is 1. The van der Waals surface area contributed by atoms with Crippen LogP contribution in [0.2, 0.25) is 0 Å². The van der Waals surface area contributed by atoms with Crippen LogP contribution in [0.15, 0.2) is 53.3 Å². The van der Waals surface area contributed by atoms with E-state index in [0.717, 1.165) is 65.6 Å². The predicted molar refractivity (Wildman–Crippen MR) is 193 cm³/mol. The molecule has 50 heavy (non-hydrogen) atoms. The molecule has 7 rings (SSSR count). The molecule has 5 heterocycles. The van der Waals surface area contributed by atoms with Crippen LogP contribution in [0.1, 0.15) is 61.6 Å². The van der Waals surface area contributed by atoms with Gasteiger partial charge < -0.3 is 34.2 Å². The van der Waals surface area contributed by atoms with Crippen LogP contribution in [0, 0.1) is 6.92 Å². The van der Waals surface area contributed by atoms with Crippen molar-refractivity contribution in [2.45, 2.75) is 82.9 Å². The van der Waals surface area contributed by atoms with Gasteiger partial charge in [0.2, 0.25) is 0 Å². The Morgan fingerprint density at radius 3 is 2.30 bits per heavy atom. The number of hydrogen-bond donors (Lipinski definition) is 1. The van der Waals surface area contributed by atoms with Crippen LogP contribution in [0.4, 0.5) is 15.3 Å². The van der Waals surface area contributed by atoms with E-state index in [1.54, 1.807) is 22.6 Å². The number of pyridine rings is 1. The zero-order chi connectivity index (χ0) is 34.8. The number of carbonyl (C=O) groups excluding carboxylic acids is 3. The molecule has 0 spiro atoms. The normalized spacial score (nSPS) is 20.3. The number of rotatable bonds is 6. The van der Waals surface area contributed by atoms with E-state index in [-0.39, 0.29) is 30.0 Å². The van der Waals surface area contributed by atoms with Gasteiger partial charge in [-0.3, -0.25) is 9.59 Å². The average molecular weight is 683 g/mol. The summed E-state index contributed by atoms with van der Waals surface area (Å²) in [5, 5.41) is 3.97. The first-order valence-electron chi connectivity index (χ1n) is 18.5. The largest absolute Gasteiger partial charge is 0.436 e. The lowest BCUT2D eigenvalue weighted by molar-refractivity contribution is -0.142. The summed E-state index contributed by atoms with van der Waals surface area (Å²) in [5.41, 5.74) is 4.58. The van der Waals surface area contributed by atoms with Crippen LogP contribution in [0.5, 0.6) is 0 Å². The molecule has 1 N–H and O–H groups in total. The third kappa shape index (κ3) is 7.24. The Morgan fingerprint density at radius 2 is 1.54 bits per heavy atom. The van der Waals surface area contributed by atoms with Gasteiger partial charge in [-0.1, -0.05) is 30.7 Å². The Morgan fingerprint density at radius 1 is 0.840 bits per heavy atom. The number of hydrogen-bond acceptors (Lipinski definition) is 6. The van der Waals surface area contributed by atoms with Gasteiger partial charge in [0.15, 0.2) is 6.10 Å². The number of carbonyl (C=O) groups is 3. The molecule has 2 aromatic carbocycles. The summed E-state index contributed by atoms with van der Waals surface area (Å²) in [4.78, 5) is 61.5. The maximum atomic E-state index is 14.2. The number of nitrogens with zero attached hydrogens (tertiary/aromatic N) is 5. The first kappa shape index (κ1) is 34.1. The molecule has 0 saturated carbocycles. The molecular weight excluding hydrogens is 632 g/mol. The second-order valence-corrected chi connectivity index (χ2v) is 14.6. The summed E-state index contributed by atoms with van der Waals surface area (Å²) < 4.78 is 7.79. The van der Waals surface area contributed by atoms with Crippen LogP contribution in [-0.4, -0.2) is 106 Å². The molecule has 266 valence electrons. The molecule has 4 aliphatic rings. The number of likely N-dealkylation sites (tertiary alicyclic amines) is 3. The van der Waals surface area contributed by atoms with E-state index < -0.39 is 12.2 Å².